The number of benzene rings is 3. The first kappa shape index (κ1) is 31.6. The largest absolute Gasteiger partial charge is 0.497 e. The number of carbonyl (C=O) groups excluding carboxylic acids is 3. The predicted octanol–water partition coefficient (Wildman–Crippen LogP) is 3.95. The Morgan fingerprint density at radius 1 is 0.870 bits per heavy atom. The molecule has 14 heteroatoms. The van der Waals surface area contributed by atoms with Gasteiger partial charge in [-0.15, -0.1) is 0 Å². The lowest BCUT2D eigenvalue weighted by Crippen LogP contribution is -2.41. The fourth-order valence-electron chi connectivity index (χ4n) is 5.11. The molecular formula is C32H31N3O11. The minimum atomic E-state index is -2.10. The highest BCUT2D eigenvalue weighted by molar-refractivity contribution is 6.20. The maximum atomic E-state index is 13.9. The fraction of sp³-hybridized carbons (Fsp3) is 0.281. The molecule has 0 bridgehead atoms. The van der Waals surface area contributed by atoms with Gasteiger partial charge in [-0.05, 0) is 76.9 Å². The molecule has 0 fully saturated rings. The molecule has 5 rings (SSSR count). The summed E-state index contributed by atoms with van der Waals surface area (Å²) in [4.78, 5) is 39.2. The zero-order chi connectivity index (χ0) is 32.8. The minimum Gasteiger partial charge on any atom is -0.497 e. The number of alkyl carbamates (subject to hydrolysis) is 1. The summed E-state index contributed by atoms with van der Waals surface area (Å²) >= 11 is 0. The Kier molecular flexibility index (Phi) is 9.26. The maximum Gasteiger partial charge on any atom is 0.411 e. The third-order valence-corrected chi connectivity index (χ3v) is 7.18. The normalized spacial score (nSPS) is 15.7. The Hall–Kier alpha value is -5.79. The van der Waals surface area contributed by atoms with Crippen LogP contribution in [-0.2, 0) is 36.0 Å². The summed E-state index contributed by atoms with van der Waals surface area (Å²) in [6.07, 6.45) is -1.05. The van der Waals surface area contributed by atoms with Gasteiger partial charge in [0.25, 0.3) is 0 Å². The van der Waals surface area contributed by atoms with Crippen molar-refractivity contribution in [2.24, 2.45) is 0 Å². The first-order chi connectivity index (χ1) is 22.3. The van der Waals surface area contributed by atoms with Crippen LogP contribution in [0.15, 0.2) is 64.8 Å². The second-order valence-corrected chi connectivity index (χ2v) is 9.81. The monoisotopic (exact) mass is 633 g/mol. The number of ether oxygens (including phenoxy) is 7. The van der Waals surface area contributed by atoms with E-state index in [0.29, 0.717) is 45.2 Å². The average molecular weight is 634 g/mol. The van der Waals surface area contributed by atoms with Crippen molar-refractivity contribution in [2.75, 3.05) is 41.6 Å². The Bertz CT molecular complexity index is 1770. The van der Waals surface area contributed by atoms with Crippen LogP contribution in [0.25, 0.3) is 16.6 Å². The number of amides is 1. The topological polar surface area (TPSA) is 167 Å². The van der Waals surface area contributed by atoms with E-state index < -0.39 is 30.4 Å². The molecule has 0 saturated carbocycles. The van der Waals surface area contributed by atoms with Gasteiger partial charge in [0.05, 0.1) is 40.6 Å². The van der Waals surface area contributed by atoms with Gasteiger partial charge in [-0.3, -0.25) is 4.79 Å². The minimum absolute atomic E-state index is 0.00985. The SMILES string of the molecule is CCOC(=O)CNC(=O)OC1(c2ccc(OC)cc2)OC(=O)C(c2ccc3nonc3c2)=C1Cc1cc(OC)c(OC)c(OC)c1. The molecular weight excluding hydrogens is 602 g/mol. The number of esters is 2. The summed E-state index contributed by atoms with van der Waals surface area (Å²) in [5, 5.41) is 10.1. The van der Waals surface area contributed by atoms with Crippen LogP contribution >= 0.6 is 0 Å². The smallest absolute Gasteiger partial charge is 0.411 e. The Morgan fingerprint density at radius 2 is 1.57 bits per heavy atom. The highest BCUT2D eigenvalue weighted by Crippen LogP contribution is 2.49. The molecule has 2 heterocycles. The van der Waals surface area contributed by atoms with Crippen molar-refractivity contribution in [3.05, 3.63) is 76.9 Å². The van der Waals surface area contributed by atoms with Gasteiger partial charge < -0.3 is 38.5 Å². The number of fused-ring (bicyclic) bond motifs is 1. The lowest BCUT2D eigenvalue weighted by molar-refractivity contribution is -0.185. The van der Waals surface area contributed by atoms with E-state index >= 15 is 0 Å². The Morgan fingerprint density at radius 3 is 2.20 bits per heavy atom. The summed E-state index contributed by atoms with van der Waals surface area (Å²) in [7, 11) is 5.95. The molecule has 1 unspecified atom stereocenters. The molecule has 0 saturated heterocycles. The molecule has 1 amide bonds. The molecule has 1 atom stereocenters. The fourth-order valence-corrected chi connectivity index (χ4v) is 5.11. The van der Waals surface area contributed by atoms with Gasteiger partial charge in [0.2, 0.25) is 5.75 Å². The second kappa shape index (κ2) is 13.5. The summed E-state index contributed by atoms with van der Waals surface area (Å²) in [6.45, 7) is 1.29. The van der Waals surface area contributed by atoms with Crippen LogP contribution in [-0.4, -0.2) is 69.9 Å². The van der Waals surface area contributed by atoms with Gasteiger partial charge in [-0.25, -0.2) is 14.2 Å². The zero-order valence-corrected chi connectivity index (χ0v) is 25.7. The van der Waals surface area contributed by atoms with E-state index in [1.807, 2.05) is 0 Å². The van der Waals surface area contributed by atoms with Gasteiger partial charge in [0, 0.05) is 17.6 Å². The van der Waals surface area contributed by atoms with Crippen molar-refractivity contribution in [1.82, 2.24) is 15.6 Å². The zero-order valence-electron chi connectivity index (χ0n) is 25.7. The van der Waals surface area contributed by atoms with E-state index in [4.69, 9.17) is 37.8 Å². The summed E-state index contributed by atoms with van der Waals surface area (Å²) in [5.41, 5.74) is 2.50. The number of nitrogens with one attached hydrogen (secondary N) is 1. The first-order valence-corrected chi connectivity index (χ1v) is 14.0. The van der Waals surface area contributed by atoms with Crippen molar-refractivity contribution in [3.8, 4) is 23.0 Å². The van der Waals surface area contributed by atoms with Gasteiger partial charge in [0.15, 0.2) is 11.5 Å². The summed E-state index contributed by atoms with van der Waals surface area (Å²) in [6, 6.07) is 14.8. The van der Waals surface area contributed by atoms with Gasteiger partial charge >= 0.3 is 23.8 Å². The number of hydrogen-bond donors (Lipinski definition) is 1. The Balaban J connectivity index is 1.72. The average Bonchev–Trinajstić information content (AvgIpc) is 3.65. The molecule has 1 aliphatic rings. The predicted molar refractivity (Wildman–Crippen MR) is 160 cm³/mol. The number of methoxy groups -OCH3 is 4. The van der Waals surface area contributed by atoms with Crippen LogP contribution in [0.5, 0.6) is 23.0 Å². The number of rotatable bonds is 12. The molecule has 1 N–H and O–H groups in total. The van der Waals surface area contributed by atoms with Crippen LogP contribution in [0.3, 0.4) is 0 Å². The highest BCUT2D eigenvalue weighted by Gasteiger charge is 2.53. The lowest BCUT2D eigenvalue weighted by Gasteiger charge is -2.31. The number of cyclic esters (lactones) is 1. The van der Waals surface area contributed by atoms with Crippen LogP contribution < -0.4 is 24.3 Å². The van der Waals surface area contributed by atoms with E-state index in [0.717, 1.165) is 0 Å². The standard InChI is InChI=1S/C32H31N3O11/c1-6-43-27(36)17-33-31(38)45-32(20-8-10-21(39-2)11-9-20)22(13-18-14-25(40-3)29(42-5)26(15-18)41-4)28(30(37)44-32)19-7-12-23-24(16-19)35-46-34-23/h7-12,14-16H,6,13,17H2,1-5H3,(H,33,38). The lowest BCUT2D eigenvalue weighted by atomic mass is 9.87. The van der Waals surface area contributed by atoms with Crippen molar-refractivity contribution < 1.29 is 52.2 Å². The van der Waals surface area contributed by atoms with Crippen molar-refractivity contribution in [1.29, 1.82) is 0 Å². The number of nitrogens with zero attached hydrogens (tertiary/aromatic N) is 2. The molecule has 14 nitrogen and oxygen atoms in total. The van der Waals surface area contributed by atoms with Crippen molar-refractivity contribution in [2.45, 2.75) is 19.1 Å². The van der Waals surface area contributed by atoms with Crippen molar-refractivity contribution in [3.63, 3.8) is 0 Å². The third kappa shape index (κ3) is 6.09. The van der Waals surface area contributed by atoms with Crippen molar-refractivity contribution >= 4 is 34.6 Å². The molecule has 46 heavy (non-hydrogen) atoms. The maximum absolute atomic E-state index is 13.9. The molecule has 3 aromatic carbocycles. The second-order valence-electron chi connectivity index (χ2n) is 9.81. The first-order valence-electron chi connectivity index (χ1n) is 14.0. The molecule has 1 aromatic heterocycles. The van der Waals surface area contributed by atoms with Gasteiger partial charge in [0.1, 0.15) is 23.3 Å². The van der Waals surface area contributed by atoms with E-state index in [1.54, 1.807) is 61.5 Å². The Labute approximate surface area is 263 Å². The quantitative estimate of drug-likeness (QED) is 0.223. The van der Waals surface area contributed by atoms with E-state index in [9.17, 15) is 14.4 Å². The highest BCUT2D eigenvalue weighted by atomic mass is 16.7. The van der Waals surface area contributed by atoms with Gasteiger partial charge in [-0.2, -0.15) is 0 Å². The van der Waals surface area contributed by atoms with Crippen LogP contribution in [0.4, 0.5) is 4.79 Å². The molecule has 0 aliphatic carbocycles. The third-order valence-electron chi connectivity index (χ3n) is 7.18. The molecule has 1 aliphatic heterocycles. The van der Waals surface area contributed by atoms with Gasteiger partial charge in [-0.1, -0.05) is 6.07 Å². The number of hydrogen-bond acceptors (Lipinski definition) is 13. The van der Waals surface area contributed by atoms with E-state index in [-0.39, 0.29) is 29.7 Å². The molecule has 0 spiro atoms. The van der Waals surface area contributed by atoms with Crippen LogP contribution in [0.2, 0.25) is 0 Å². The summed E-state index contributed by atoms with van der Waals surface area (Å²) in [5.74, 6) is -1.97. The van der Waals surface area contributed by atoms with E-state index in [2.05, 4.69) is 15.6 Å². The molecule has 0 radical (unpaired) electrons. The van der Waals surface area contributed by atoms with E-state index in [1.165, 1.54) is 28.4 Å². The van der Waals surface area contributed by atoms with Crippen LogP contribution in [0.1, 0.15) is 23.6 Å². The van der Waals surface area contributed by atoms with Crippen LogP contribution in [0, 0.1) is 0 Å². The number of carbonyl (C=O) groups is 3. The summed E-state index contributed by atoms with van der Waals surface area (Å²) < 4.78 is 43.7. The molecule has 240 valence electrons. The number of aromatic nitrogens is 2. The molecule has 4 aromatic rings.